The van der Waals surface area contributed by atoms with Crippen LogP contribution in [0.1, 0.15) is 31.2 Å². The van der Waals surface area contributed by atoms with Crippen LogP contribution in [-0.2, 0) is 0 Å². The molecule has 2 aromatic rings. The Hall–Kier alpha value is -1.06. The third-order valence-electron chi connectivity index (χ3n) is 4.38. The predicted octanol–water partition coefficient (Wildman–Crippen LogP) is 3.54. The van der Waals surface area contributed by atoms with E-state index in [1.807, 2.05) is 18.2 Å². The molecule has 4 heteroatoms. The summed E-state index contributed by atoms with van der Waals surface area (Å²) in [5, 5.41) is 4.27. The highest BCUT2D eigenvalue weighted by Gasteiger charge is 2.41. The molecular formula is C14H15ClN2O. The lowest BCUT2D eigenvalue weighted by Gasteiger charge is -2.13. The van der Waals surface area contributed by atoms with Crippen LogP contribution in [0.2, 0.25) is 5.02 Å². The van der Waals surface area contributed by atoms with E-state index in [1.165, 1.54) is 19.3 Å². The molecule has 1 aromatic heterocycles. The van der Waals surface area contributed by atoms with Gasteiger partial charge >= 0.3 is 0 Å². The van der Waals surface area contributed by atoms with Crippen molar-refractivity contribution in [3.05, 3.63) is 29.1 Å². The largest absolute Gasteiger partial charge is 0.439 e. The molecule has 2 aliphatic rings. The lowest BCUT2D eigenvalue weighted by Crippen LogP contribution is -2.17. The first kappa shape index (κ1) is 10.8. The Bertz CT molecular complexity index is 594. The maximum absolute atomic E-state index is 5.98. The van der Waals surface area contributed by atoms with Gasteiger partial charge in [0.25, 0.3) is 0 Å². The van der Waals surface area contributed by atoms with Crippen molar-refractivity contribution in [2.24, 2.45) is 11.8 Å². The van der Waals surface area contributed by atoms with Crippen LogP contribution in [-0.4, -0.2) is 11.5 Å². The Morgan fingerprint density at radius 2 is 2.28 bits per heavy atom. The zero-order valence-corrected chi connectivity index (χ0v) is 10.8. The van der Waals surface area contributed by atoms with E-state index in [1.54, 1.807) is 0 Å². The average molecular weight is 263 g/mol. The molecule has 3 unspecified atom stereocenters. The first-order valence-corrected chi connectivity index (χ1v) is 6.98. The highest BCUT2D eigenvalue weighted by atomic mass is 35.5. The quantitative estimate of drug-likeness (QED) is 0.854. The van der Waals surface area contributed by atoms with Crippen LogP contribution < -0.4 is 5.32 Å². The van der Waals surface area contributed by atoms with Gasteiger partial charge in [0.15, 0.2) is 5.58 Å². The second-order valence-electron chi connectivity index (χ2n) is 5.40. The fourth-order valence-electron chi connectivity index (χ4n) is 3.51. The monoisotopic (exact) mass is 262 g/mol. The SMILES string of the molecule is Clc1ccc2oc(C3NCC4CCCC43)nc2c1. The summed E-state index contributed by atoms with van der Waals surface area (Å²) in [4.78, 5) is 4.60. The molecule has 0 spiro atoms. The summed E-state index contributed by atoms with van der Waals surface area (Å²) in [7, 11) is 0. The van der Waals surface area contributed by atoms with Crippen LogP contribution in [0.15, 0.2) is 22.6 Å². The van der Waals surface area contributed by atoms with Crippen molar-refractivity contribution in [2.45, 2.75) is 25.3 Å². The molecule has 1 aliphatic heterocycles. The van der Waals surface area contributed by atoms with Gasteiger partial charge in [0.05, 0.1) is 6.04 Å². The second-order valence-corrected chi connectivity index (χ2v) is 5.84. The smallest absolute Gasteiger partial charge is 0.212 e. The van der Waals surface area contributed by atoms with Gasteiger partial charge in [-0.15, -0.1) is 0 Å². The fraction of sp³-hybridized carbons (Fsp3) is 0.500. The summed E-state index contributed by atoms with van der Waals surface area (Å²) in [5.74, 6) is 2.35. The molecule has 1 aromatic carbocycles. The number of aromatic nitrogens is 1. The highest BCUT2D eigenvalue weighted by molar-refractivity contribution is 6.31. The van der Waals surface area contributed by atoms with Crippen LogP contribution >= 0.6 is 11.6 Å². The van der Waals surface area contributed by atoms with E-state index in [0.29, 0.717) is 17.0 Å². The van der Waals surface area contributed by atoms with Crippen LogP contribution in [0.3, 0.4) is 0 Å². The minimum absolute atomic E-state index is 0.295. The van der Waals surface area contributed by atoms with Crippen molar-refractivity contribution in [1.82, 2.24) is 10.3 Å². The molecule has 1 saturated heterocycles. The zero-order valence-electron chi connectivity index (χ0n) is 10.0. The van der Waals surface area contributed by atoms with Crippen LogP contribution in [0.4, 0.5) is 0 Å². The summed E-state index contributed by atoms with van der Waals surface area (Å²) in [6.07, 6.45) is 3.99. The molecule has 18 heavy (non-hydrogen) atoms. The molecule has 4 rings (SSSR count). The number of hydrogen-bond acceptors (Lipinski definition) is 3. The number of nitrogens with zero attached hydrogens (tertiary/aromatic N) is 1. The normalized spacial score (nSPS) is 31.1. The summed E-state index contributed by atoms with van der Waals surface area (Å²) in [6.45, 7) is 1.11. The molecule has 94 valence electrons. The van der Waals surface area contributed by atoms with Crippen molar-refractivity contribution in [2.75, 3.05) is 6.54 Å². The van der Waals surface area contributed by atoms with Crippen molar-refractivity contribution in [3.8, 4) is 0 Å². The van der Waals surface area contributed by atoms with Gasteiger partial charge in [0, 0.05) is 5.02 Å². The van der Waals surface area contributed by atoms with Gasteiger partial charge in [-0.25, -0.2) is 4.98 Å². The van der Waals surface area contributed by atoms with E-state index < -0.39 is 0 Å². The molecule has 2 heterocycles. The van der Waals surface area contributed by atoms with Gasteiger partial charge in [-0.3, -0.25) is 0 Å². The van der Waals surface area contributed by atoms with Crippen LogP contribution in [0.25, 0.3) is 11.1 Å². The van der Waals surface area contributed by atoms with Gasteiger partial charge in [-0.2, -0.15) is 0 Å². The molecule has 2 fully saturated rings. The summed E-state index contributed by atoms with van der Waals surface area (Å²) in [6, 6.07) is 5.91. The fourth-order valence-corrected chi connectivity index (χ4v) is 3.68. The molecule has 1 saturated carbocycles. The summed E-state index contributed by atoms with van der Waals surface area (Å²) >= 11 is 5.98. The van der Waals surface area contributed by atoms with Crippen LogP contribution in [0.5, 0.6) is 0 Å². The van der Waals surface area contributed by atoms with Crippen LogP contribution in [0, 0.1) is 11.8 Å². The van der Waals surface area contributed by atoms with E-state index in [2.05, 4.69) is 10.3 Å². The summed E-state index contributed by atoms with van der Waals surface area (Å²) in [5.41, 5.74) is 1.69. The van der Waals surface area contributed by atoms with E-state index in [-0.39, 0.29) is 0 Å². The molecule has 3 atom stereocenters. The molecule has 0 amide bonds. The highest BCUT2D eigenvalue weighted by Crippen LogP contribution is 2.44. The Labute approximate surface area is 111 Å². The average Bonchev–Trinajstić information content (AvgIpc) is 3.00. The Morgan fingerprint density at radius 1 is 1.33 bits per heavy atom. The molecule has 1 aliphatic carbocycles. The maximum atomic E-state index is 5.98. The second kappa shape index (κ2) is 3.97. The maximum Gasteiger partial charge on any atom is 0.212 e. The Morgan fingerprint density at radius 3 is 3.22 bits per heavy atom. The molecule has 1 N–H and O–H groups in total. The van der Waals surface area contributed by atoms with Crippen molar-refractivity contribution in [1.29, 1.82) is 0 Å². The number of benzene rings is 1. The number of halogens is 1. The predicted molar refractivity (Wildman–Crippen MR) is 70.6 cm³/mol. The summed E-state index contributed by atoms with van der Waals surface area (Å²) < 4.78 is 5.88. The van der Waals surface area contributed by atoms with Gasteiger partial charge in [-0.05, 0) is 49.4 Å². The van der Waals surface area contributed by atoms with E-state index in [9.17, 15) is 0 Å². The van der Waals surface area contributed by atoms with Crippen molar-refractivity contribution >= 4 is 22.7 Å². The third kappa shape index (κ3) is 1.57. The Kier molecular flexibility index (Phi) is 2.39. The molecule has 3 nitrogen and oxygen atoms in total. The first-order valence-electron chi connectivity index (χ1n) is 6.60. The van der Waals surface area contributed by atoms with Crippen molar-refractivity contribution in [3.63, 3.8) is 0 Å². The van der Waals surface area contributed by atoms with Crippen molar-refractivity contribution < 1.29 is 4.42 Å². The van der Waals surface area contributed by atoms with E-state index >= 15 is 0 Å². The molecule has 0 bridgehead atoms. The number of oxazole rings is 1. The number of nitrogens with one attached hydrogen (secondary N) is 1. The molecular weight excluding hydrogens is 248 g/mol. The minimum Gasteiger partial charge on any atom is -0.439 e. The number of hydrogen-bond donors (Lipinski definition) is 1. The molecule has 0 radical (unpaired) electrons. The zero-order chi connectivity index (χ0) is 12.1. The van der Waals surface area contributed by atoms with Gasteiger partial charge in [0.2, 0.25) is 5.89 Å². The standard InChI is InChI=1S/C14H15ClN2O/c15-9-4-5-12-11(6-9)17-14(18-12)13-10-3-1-2-8(10)7-16-13/h4-6,8,10,13,16H,1-3,7H2. The van der Waals surface area contributed by atoms with E-state index in [4.69, 9.17) is 16.0 Å². The topological polar surface area (TPSA) is 38.1 Å². The van der Waals surface area contributed by atoms with Gasteiger partial charge in [0.1, 0.15) is 5.52 Å². The van der Waals surface area contributed by atoms with E-state index in [0.717, 1.165) is 29.5 Å². The van der Waals surface area contributed by atoms with Gasteiger partial charge in [-0.1, -0.05) is 18.0 Å². The number of fused-ring (bicyclic) bond motifs is 2. The lowest BCUT2D eigenvalue weighted by atomic mass is 9.94. The number of rotatable bonds is 1. The van der Waals surface area contributed by atoms with Gasteiger partial charge < -0.3 is 9.73 Å². The lowest BCUT2D eigenvalue weighted by molar-refractivity contribution is 0.356. The third-order valence-corrected chi connectivity index (χ3v) is 4.61. The minimum atomic E-state index is 0.295. The Balaban J connectivity index is 1.74. The first-order chi connectivity index (χ1) is 8.81.